The van der Waals surface area contributed by atoms with Crippen molar-refractivity contribution >= 4 is 30.6 Å². The van der Waals surface area contributed by atoms with Crippen LogP contribution >= 0.6 is 24.8 Å². The van der Waals surface area contributed by atoms with E-state index in [1.807, 2.05) is 18.2 Å². The SMILES string of the molecule is Cl.Cl.O=C(CCN1CCN(Cc2ccccc2)CC1)c1ccc(OC(F)(F)F)cc1. The normalized spacial score (nSPS) is 15.0. The number of piperazine rings is 1. The standard InChI is InChI=1S/C21H23F3N2O2.2ClH/c22-21(23,24)28-19-8-6-18(7-9-19)20(27)10-11-25-12-14-26(15-13-25)16-17-4-2-1-3-5-17;;/h1-9H,10-16H2;2*1H. The Bertz CT molecular complexity index is 766. The van der Waals surface area contributed by atoms with Crippen molar-refractivity contribution in [1.82, 2.24) is 9.80 Å². The number of hydrogen-bond acceptors (Lipinski definition) is 4. The van der Waals surface area contributed by atoms with E-state index < -0.39 is 6.36 Å². The molecule has 0 spiro atoms. The van der Waals surface area contributed by atoms with Gasteiger partial charge in [0.25, 0.3) is 0 Å². The Balaban J connectivity index is 0.00000225. The lowest BCUT2D eigenvalue weighted by atomic mass is 10.1. The molecule has 2 aromatic rings. The van der Waals surface area contributed by atoms with Crippen LogP contribution in [0.25, 0.3) is 0 Å². The minimum Gasteiger partial charge on any atom is -0.406 e. The third-order valence-electron chi connectivity index (χ3n) is 4.78. The van der Waals surface area contributed by atoms with Gasteiger partial charge >= 0.3 is 6.36 Å². The molecule has 1 aliphatic rings. The maximum absolute atomic E-state index is 12.3. The summed E-state index contributed by atoms with van der Waals surface area (Å²) in [5.74, 6) is -0.399. The van der Waals surface area contributed by atoms with Crippen LogP contribution < -0.4 is 4.74 Å². The van der Waals surface area contributed by atoms with Crippen LogP contribution in [0.3, 0.4) is 0 Å². The third kappa shape index (κ3) is 8.52. The molecule has 0 atom stereocenters. The summed E-state index contributed by atoms with van der Waals surface area (Å²) in [7, 11) is 0. The fourth-order valence-corrected chi connectivity index (χ4v) is 3.26. The molecule has 3 rings (SSSR count). The van der Waals surface area contributed by atoms with Gasteiger partial charge < -0.3 is 9.64 Å². The van der Waals surface area contributed by atoms with Crippen LogP contribution in [0.5, 0.6) is 5.75 Å². The van der Waals surface area contributed by atoms with Gasteiger partial charge in [0.2, 0.25) is 0 Å². The van der Waals surface area contributed by atoms with Crippen molar-refractivity contribution in [3.63, 3.8) is 0 Å². The Morgan fingerprint density at radius 1 is 0.867 bits per heavy atom. The minimum absolute atomic E-state index is 0. The van der Waals surface area contributed by atoms with Crippen LogP contribution in [-0.2, 0) is 6.54 Å². The van der Waals surface area contributed by atoms with Crippen molar-refractivity contribution in [1.29, 1.82) is 0 Å². The first kappa shape index (κ1) is 26.2. The molecule has 0 unspecified atom stereocenters. The molecule has 1 fully saturated rings. The predicted octanol–water partition coefficient (Wildman–Crippen LogP) is 4.82. The zero-order valence-electron chi connectivity index (χ0n) is 16.3. The van der Waals surface area contributed by atoms with Gasteiger partial charge in [-0.2, -0.15) is 0 Å². The van der Waals surface area contributed by atoms with Crippen LogP contribution in [0.2, 0.25) is 0 Å². The second kappa shape index (κ2) is 12.2. The number of ether oxygens (including phenoxy) is 1. The summed E-state index contributed by atoms with van der Waals surface area (Å²) in [4.78, 5) is 16.9. The number of rotatable bonds is 7. The third-order valence-corrected chi connectivity index (χ3v) is 4.78. The monoisotopic (exact) mass is 464 g/mol. The van der Waals surface area contributed by atoms with Crippen LogP contribution in [0.15, 0.2) is 54.6 Å². The molecule has 1 aliphatic heterocycles. The number of alkyl halides is 3. The molecule has 0 radical (unpaired) electrons. The topological polar surface area (TPSA) is 32.8 Å². The number of benzene rings is 2. The van der Waals surface area contributed by atoms with Crippen LogP contribution in [0.1, 0.15) is 22.3 Å². The highest BCUT2D eigenvalue weighted by molar-refractivity contribution is 5.96. The van der Waals surface area contributed by atoms with Crippen molar-refractivity contribution in [2.75, 3.05) is 32.7 Å². The summed E-state index contributed by atoms with van der Waals surface area (Å²) in [6, 6.07) is 15.4. The lowest BCUT2D eigenvalue weighted by molar-refractivity contribution is -0.274. The number of Topliss-reactive ketones (excluding diaryl/α,β-unsaturated/α-hetero) is 1. The number of hydrogen-bond donors (Lipinski definition) is 0. The van der Waals surface area contributed by atoms with Crippen molar-refractivity contribution in [2.45, 2.75) is 19.3 Å². The molecule has 2 aromatic carbocycles. The van der Waals surface area contributed by atoms with Crippen LogP contribution in [0.4, 0.5) is 13.2 Å². The smallest absolute Gasteiger partial charge is 0.406 e. The van der Waals surface area contributed by atoms with E-state index >= 15 is 0 Å². The van der Waals surface area contributed by atoms with Gasteiger partial charge in [-0.3, -0.25) is 9.69 Å². The van der Waals surface area contributed by atoms with E-state index in [4.69, 9.17) is 0 Å². The van der Waals surface area contributed by atoms with Gasteiger partial charge in [0, 0.05) is 51.3 Å². The molecule has 0 amide bonds. The van der Waals surface area contributed by atoms with Gasteiger partial charge in [0.05, 0.1) is 0 Å². The Labute approximate surface area is 186 Å². The Morgan fingerprint density at radius 3 is 2.00 bits per heavy atom. The molecule has 0 saturated carbocycles. The van der Waals surface area contributed by atoms with E-state index in [9.17, 15) is 18.0 Å². The van der Waals surface area contributed by atoms with E-state index in [2.05, 4.69) is 26.7 Å². The zero-order chi connectivity index (χ0) is 20.0. The second-order valence-corrected chi connectivity index (χ2v) is 6.85. The van der Waals surface area contributed by atoms with E-state index in [1.54, 1.807) is 0 Å². The zero-order valence-corrected chi connectivity index (χ0v) is 17.9. The predicted molar refractivity (Wildman–Crippen MR) is 115 cm³/mol. The largest absolute Gasteiger partial charge is 0.573 e. The van der Waals surface area contributed by atoms with Crippen LogP contribution in [0, 0.1) is 0 Å². The maximum Gasteiger partial charge on any atom is 0.573 e. The molecule has 0 aliphatic carbocycles. The van der Waals surface area contributed by atoms with Gasteiger partial charge in [-0.1, -0.05) is 30.3 Å². The number of halogens is 5. The summed E-state index contributed by atoms with van der Waals surface area (Å²) in [6.45, 7) is 5.29. The van der Waals surface area contributed by atoms with Gasteiger partial charge in [0.1, 0.15) is 5.75 Å². The molecule has 166 valence electrons. The number of nitrogens with zero attached hydrogens (tertiary/aromatic N) is 2. The van der Waals surface area contributed by atoms with E-state index in [0.29, 0.717) is 18.5 Å². The average Bonchev–Trinajstić information content (AvgIpc) is 2.67. The van der Waals surface area contributed by atoms with Gasteiger partial charge in [0.15, 0.2) is 5.78 Å². The van der Waals surface area contributed by atoms with E-state index in [-0.39, 0.29) is 36.3 Å². The van der Waals surface area contributed by atoms with Gasteiger partial charge in [-0.15, -0.1) is 38.0 Å². The molecule has 0 bridgehead atoms. The van der Waals surface area contributed by atoms with Crippen molar-refractivity contribution in [2.24, 2.45) is 0 Å². The average molecular weight is 465 g/mol. The van der Waals surface area contributed by atoms with Crippen molar-refractivity contribution in [3.05, 3.63) is 65.7 Å². The second-order valence-electron chi connectivity index (χ2n) is 6.85. The first-order valence-electron chi connectivity index (χ1n) is 9.27. The molecule has 1 saturated heterocycles. The Hall–Kier alpha value is -1.80. The molecular formula is C21H25Cl2F3N2O2. The Kier molecular flexibility index (Phi) is 10.6. The first-order valence-corrected chi connectivity index (χ1v) is 9.27. The molecule has 9 heteroatoms. The molecule has 4 nitrogen and oxygen atoms in total. The van der Waals surface area contributed by atoms with E-state index in [0.717, 1.165) is 32.7 Å². The maximum atomic E-state index is 12.3. The van der Waals surface area contributed by atoms with Gasteiger partial charge in [-0.05, 0) is 29.8 Å². The fraction of sp³-hybridized carbons (Fsp3) is 0.381. The summed E-state index contributed by atoms with van der Waals surface area (Å²) < 4.78 is 40.4. The van der Waals surface area contributed by atoms with E-state index in [1.165, 1.54) is 29.8 Å². The Morgan fingerprint density at radius 2 is 1.43 bits per heavy atom. The van der Waals surface area contributed by atoms with Crippen molar-refractivity contribution < 1.29 is 22.7 Å². The molecular weight excluding hydrogens is 440 g/mol. The summed E-state index contributed by atoms with van der Waals surface area (Å²) in [5, 5.41) is 0. The molecule has 1 heterocycles. The lowest BCUT2D eigenvalue weighted by Crippen LogP contribution is -2.46. The number of ketones is 1. The van der Waals surface area contributed by atoms with Crippen molar-refractivity contribution in [3.8, 4) is 5.75 Å². The fourth-order valence-electron chi connectivity index (χ4n) is 3.26. The molecule has 0 aromatic heterocycles. The summed E-state index contributed by atoms with van der Waals surface area (Å²) in [5.41, 5.74) is 1.70. The lowest BCUT2D eigenvalue weighted by Gasteiger charge is -2.34. The highest BCUT2D eigenvalue weighted by atomic mass is 35.5. The quantitative estimate of drug-likeness (QED) is 0.549. The highest BCUT2D eigenvalue weighted by Gasteiger charge is 2.31. The van der Waals surface area contributed by atoms with Crippen LogP contribution in [-0.4, -0.2) is 54.7 Å². The summed E-state index contributed by atoms with van der Waals surface area (Å²) >= 11 is 0. The summed E-state index contributed by atoms with van der Waals surface area (Å²) in [6.07, 6.45) is -4.38. The number of carbonyl (C=O) groups excluding carboxylic acids is 1. The molecule has 30 heavy (non-hydrogen) atoms. The first-order chi connectivity index (χ1) is 13.4. The van der Waals surface area contributed by atoms with Gasteiger partial charge in [-0.25, -0.2) is 0 Å². The molecule has 0 N–H and O–H groups in total. The minimum atomic E-state index is -4.73. The highest BCUT2D eigenvalue weighted by Crippen LogP contribution is 2.23. The number of carbonyl (C=O) groups is 1.